The Bertz CT molecular complexity index is 5910. The Balaban J connectivity index is 0.000000217. The van der Waals surface area contributed by atoms with Crippen molar-refractivity contribution in [1.82, 2.24) is 0 Å². The molecule has 0 saturated heterocycles. The molecule has 0 unspecified atom stereocenters. The van der Waals surface area contributed by atoms with Crippen LogP contribution in [0.4, 0.5) is 68.2 Å². The normalized spacial score (nSPS) is 10.4. The Morgan fingerprint density at radius 2 is 0.288 bits per heavy atom. The van der Waals surface area contributed by atoms with Crippen LogP contribution in [0, 0.1) is 0 Å². The van der Waals surface area contributed by atoms with Gasteiger partial charge in [0.25, 0.3) is 0 Å². The van der Waals surface area contributed by atoms with E-state index in [1.807, 2.05) is 150 Å². The number of anilines is 12. The predicted molar refractivity (Wildman–Crippen MR) is 527 cm³/mol. The van der Waals surface area contributed by atoms with Crippen LogP contribution in [0.1, 0.15) is 151 Å². The van der Waals surface area contributed by atoms with Crippen molar-refractivity contribution in [2.75, 3.05) is 171 Å². The molecule has 0 aromatic heterocycles. The molecule has 12 rings (SSSR count). The largest absolute Gasteiger partial charge is 0.507 e. The fourth-order valence-electron chi connectivity index (χ4n) is 13.8. The van der Waals surface area contributed by atoms with Crippen LogP contribution in [-0.2, 0) is 0 Å². The summed E-state index contributed by atoms with van der Waals surface area (Å²) in [6.07, 6.45) is 0. The molecule has 12 aromatic rings. The highest BCUT2D eigenvalue weighted by Gasteiger charge is 2.26. The molecule has 30 nitrogen and oxygen atoms in total. The number of aromatic hydroxyl groups is 12. The fourth-order valence-corrected chi connectivity index (χ4v) is 13.8. The second-order valence-electron chi connectivity index (χ2n) is 31.0. The second kappa shape index (κ2) is 47.1. The zero-order valence-electron chi connectivity index (χ0n) is 77.1. The van der Waals surface area contributed by atoms with Crippen LogP contribution < -0.4 is 62.1 Å². The highest BCUT2D eigenvalue weighted by Crippen LogP contribution is 2.38. The number of nitrogens with zero attached hydrogens (tertiary/aromatic N) is 8. The molecule has 0 heterocycles. The third kappa shape index (κ3) is 26.1. The van der Waals surface area contributed by atoms with E-state index in [0.717, 1.165) is 97.9 Å². The first kappa shape index (κ1) is 103. The molecule has 12 aromatic carbocycles. The standard InChI is InChI=1S/C21H28N2O3.C19H24N2O3.2C17H20N2O3.C15H16N2O3.C13H12N2O3/c1-5-22(6-2)15-9-11-17(19(24)13-15)21(26)18-12-10-16(14-20(18)25)23(7-3)8-4;1-5-21(6-2)14-8-10-16(18(23)12-14)19(24)15-9-7-13(20(3)4)11-17(15)22;1-18(2)11-5-7-13(15(20)9-11)17(22)14-8-6-12(19(3)4)10-16(14)21;1-3-19(4-2)12-6-8-14(16(21)10-12)17(22)13-7-5-11(18)9-15(13)20;1-17(2)10-4-6-12(14(19)8-10)15(20)11-5-3-9(16)7-13(11)18;14-7-1-3-9(11(16)5-7)13(18)10-4-2-8(15)6-12(10)17/h9-14,24-25H,5-8H2,1-4H3;7-12,22-23H,5-6H2,1-4H3;5-10,20-21H,1-4H3;5-10,20-21H,3-4,18H2,1-2H3;3-8,18-19H,16H2,1-2H3;1-6,16-17H,14-15H2. The summed E-state index contributed by atoms with van der Waals surface area (Å²) in [5, 5.41) is 120. The Morgan fingerprint density at radius 3 is 0.394 bits per heavy atom. The summed E-state index contributed by atoms with van der Waals surface area (Å²) in [6, 6.07) is 56.2. The van der Waals surface area contributed by atoms with Crippen molar-refractivity contribution in [2.45, 2.75) is 55.4 Å². The van der Waals surface area contributed by atoms with Gasteiger partial charge in [0.1, 0.15) is 69.0 Å². The molecule has 0 amide bonds. The van der Waals surface area contributed by atoms with E-state index in [-0.39, 0.29) is 136 Å². The Morgan fingerprint density at radius 1 is 0.182 bits per heavy atom. The molecule has 30 heteroatoms. The maximum atomic E-state index is 12.8. The molecule has 0 spiro atoms. The minimum Gasteiger partial charge on any atom is -0.507 e. The third-order valence-corrected chi connectivity index (χ3v) is 21.5. The number of phenols is 12. The highest BCUT2D eigenvalue weighted by atomic mass is 16.3. The molecule has 0 aliphatic carbocycles. The van der Waals surface area contributed by atoms with Gasteiger partial charge in [-0.3, -0.25) is 28.8 Å². The lowest BCUT2D eigenvalue weighted by Crippen LogP contribution is -2.22. The van der Waals surface area contributed by atoms with E-state index in [1.54, 1.807) is 97.1 Å². The predicted octanol–water partition coefficient (Wildman–Crippen LogP) is 16.0. The van der Waals surface area contributed by atoms with Crippen molar-refractivity contribution in [3.8, 4) is 69.0 Å². The summed E-state index contributed by atoms with van der Waals surface area (Å²) in [7, 11) is 14.8. The second-order valence-corrected chi connectivity index (χ2v) is 31.0. The summed E-state index contributed by atoms with van der Waals surface area (Å²) in [5.74, 6) is -4.23. The molecule has 0 aliphatic rings. The first-order valence-electron chi connectivity index (χ1n) is 42.5. The molecule has 132 heavy (non-hydrogen) atoms. The van der Waals surface area contributed by atoms with Crippen molar-refractivity contribution in [3.63, 3.8) is 0 Å². The molecular formula is C102H120N12O18. The zero-order chi connectivity index (χ0) is 98.0. The quantitative estimate of drug-likeness (QED) is 0.0160. The smallest absolute Gasteiger partial charge is 0.200 e. The van der Waals surface area contributed by atoms with Gasteiger partial charge in [-0.15, -0.1) is 0 Å². The van der Waals surface area contributed by atoms with E-state index in [1.165, 1.54) is 103 Å². The molecule has 0 aliphatic heterocycles. The summed E-state index contributed by atoms with van der Waals surface area (Å²) in [4.78, 5) is 90.4. The van der Waals surface area contributed by atoms with Gasteiger partial charge in [-0.25, -0.2) is 0 Å². The van der Waals surface area contributed by atoms with Crippen molar-refractivity contribution in [2.24, 2.45) is 0 Å². The van der Waals surface area contributed by atoms with Crippen LogP contribution in [0.25, 0.3) is 0 Å². The van der Waals surface area contributed by atoms with Crippen molar-refractivity contribution >= 4 is 103 Å². The molecule has 0 bridgehead atoms. The zero-order valence-corrected chi connectivity index (χ0v) is 77.1. The average Bonchev–Trinajstić information content (AvgIpc) is 0.708. The van der Waals surface area contributed by atoms with Crippen LogP contribution in [0.15, 0.2) is 218 Å². The van der Waals surface area contributed by atoms with Gasteiger partial charge in [0.15, 0.2) is 34.7 Å². The van der Waals surface area contributed by atoms with Gasteiger partial charge in [-0.1, -0.05) is 0 Å². The summed E-state index contributed by atoms with van der Waals surface area (Å²) < 4.78 is 0. The van der Waals surface area contributed by atoms with Crippen LogP contribution in [0.2, 0.25) is 0 Å². The van der Waals surface area contributed by atoms with Crippen molar-refractivity contribution < 1.29 is 90.0 Å². The van der Waals surface area contributed by atoms with Gasteiger partial charge in [0.2, 0.25) is 0 Å². The molecule has 696 valence electrons. The number of hydrogen-bond acceptors (Lipinski definition) is 30. The van der Waals surface area contributed by atoms with Crippen molar-refractivity contribution in [1.29, 1.82) is 0 Å². The molecule has 0 radical (unpaired) electrons. The number of nitrogens with two attached hydrogens (primary N) is 4. The Labute approximate surface area is 769 Å². The summed E-state index contributed by atoms with van der Waals surface area (Å²) >= 11 is 0. The molecular weight excluding hydrogens is 1680 g/mol. The summed E-state index contributed by atoms with van der Waals surface area (Å²) in [5.41, 5.74) is 31.8. The van der Waals surface area contributed by atoms with Gasteiger partial charge in [-0.05, 0) is 201 Å². The number of phenolic OH excluding ortho intramolecular Hbond substituents is 12. The first-order chi connectivity index (χ1) is 62.5. The third-order valence-electron chi connectivity index (χ3n) is 21.5. The molecule has 0 fully saturated rings. The lowest BCUT2D eigenvalue weighted by Gasteiger charge is -2.22. The number of nitrogen functional groups attached to an aromatic ring is 4. The number of carbonyl (C=O) groups excluding carboxylic acids is 6. The Kier molecular flexibility index (Phi) is 36.7. The maximum Gasteiger partial charge on any atom is 0.200 e. The topological polar surface area (TPSA) is 475 Å². The molecule has 0 saturated carbocycles. The highest BCUT2D eigenvalue weighted by molar-refractivity contribution is 6.16. The van der Waals surface area contributed by atoms with Crippen LogP contribution in [0.3, 0.4) is 0 Å². The van der Waals surface area contributed by atoms with E-state index in [9.17, 15) is 90.0 Å². The molecule has 20 N–H and O–H groups in total. The minimum atomic E-state index is -0.495. The van der Waals surface area contributed by atoms with E-state index >= 15 is 0 Å². The van der Waals surface area contributed by atoms with Gasteiger partial charge >= 0.3 is 0 Å². The average molecular weight is 1800 g/mol. The summed E-state index contributed by atoms with van der Waals surface area (Å²) in [6.45, 7) is 22.8. The van der Waals surface area contributed by atoms with Gasteiger partial charge in [0.05, 0.1) is 66.8 Å². The Hall–Kier alpha value is -16.1. The SMILES string of the molecule is CCN(CC)c1ccc(C(=O)c2ccc(N(C)C)cc2O)c(O)c1.CCN(CC)c1ccc(C(=O)c2ccc(N(CC)CC)cc2O)c(O)c1.CCN(CC)c1ccc(C(=O)c2ccc(N)cc2O)c(O)c1.CN(C)c1ccc(C(=O)c2ccc(N(C)C)cc2O)c(O)c1.CN(C)c1ccc(C(=O)c2ccc(N)cc2O)c(O)c1.Nc1ccc(C(=O)c2ccc(N)cc2O)c(O)c1. The molecule has 0 atom stereocenters. The van der Waals surface area contributed by atoms with Gasteiger partial charge in [0, 0.05) is 250 Å². The van der Waals surface area contributed by atoms with Crippen LogP contribution in [-0.4, -0.2) is 205 Å². The minimum absolute atomic E-state index is 0.0734. The van der Waals surface area contributed by atoms with Gasteiger partial charge < -0.3 is 123 Å². The van der Waals surface area contributed by atoms with E-state index in [4.69, 9.17) is 22.9 Å². The number of benzene rings is 12. The lowest BCUT2D eigenvalue weighted by molar-refractivity contribution is 0.102. The van der Waals surface area contributed by atoms with E-state index in [0.29, 0.717) is 22.7 Å². The van der Waals surface area contributed by atoms with Crippen molar-refractivity contribution in [3.05, 3.63) is 285 Å². The maximum absolute atomic E-state index is 12.8. The van der Waals surface area contributed by atoms with Crippen LogP contribution in [0.5, 0.6) is 69.0 Å². The van der Waals surface area contributed by atoms with E-state index < -0.39 is 34.7 Å². The van der Waals surface area contributed by atoms with Crippen LogP contribution >= 0.6 is 0 Å². The number of carbonyl (C=O) groups is 6. The lowest BCUT2D eigenvalue weighted by atomic mass is 10.0. The van der Waals surface area contributed by atoms with E-state index in [2.05, 4.69) is 19.6 Å². The number of ketones is 6. The number of hydrogen-bond donors (Lipinski definition) is 16. The fraction of sp³-hybridized carbons (Fsp3) is 0.235. The van der Waals surface area contributed by atoms with Gasteiger partial charge in [-0.2, -0.15) is 0 Å². The number of rotatable bonds is 28. The monoisotopic (exact) mass is 1800 g/mol. The first-order valence-corrected chi connectivity index (χ1v) is 42.5.